The Morgan fingerprint density at radius 1 is 1.33 bits per heavy atom. The number of nitrogens with zero attached hydrogens (tertiary/aromatic N) is 3. The standard InChI is InChI=1S/C17H22N4/c1-13-9-14(2)11-15(10-13)12-19-16-5-3-6-18-17(16)21-8-4-7-20-21/h3-9,13,15,19H,10-12H2,1-2H3. The number of rotatable bonds is 4. The summed E-state index contributed by atoms with van der Waals surface area (Å²) in [5, 5.41) is 7.83. The van der Waals surface area contributed by atoms with E-state index in [1.807, 2.05) is 18.3 Å². The van der Waals surface area contributed by atoms with E-state index in [1.54, 1.807) is 17.1 Å². The van der Waals surface area contributed by atoms with E-state index in [2.05, 4.69) is 41.4 Å². The second kappa shape index (κ2) is 6.12. The highest BCUT2D eigenvalue weighted by atomic mass is 15.3. The predicted molar refractivity (Wildman–Crippen MR) is 85.5 cm³/mol. The fourth-order valence-electron chi connectivity index (χ4n) is 3.21. The van der Waals surface area contributed by atoms with Gasteiger partial charge in [0.2, 0.25) is 0 Å². The first-order chi connectivity index (χ1) is 10.2. The molecule has 1 aliphatic carbocycles. The summed E-state index contributed by atoms with van der Waals surface area (Å²) in [7, 11) is 0. The van der Waals surface area contributed by atoms with Crippen LogP contribution in [0.3, 0.4) is 0 Å². The summed E-state index contributed by atoms with van der Waals surface area (Å²) in [6.45, 7) is 5.52. The molecule has 2 atom stereocenters. The second-order valence-electron chi connectivity index (χ2n) is 6.00. The zero-order valence-corrected chi connectivity index (χ0v) is 12.7. The SMILES string of the molecule is CC1=CC(C)CC(CNc2cccnc2-n2cccn2)C1. The summed E-state index contributed by atoms with van der Waals surface area (Å²) in [6, 6.07) is 5.94. The summed E-state index contributed by atoms with van der Waals surface area (Å²) in [5.74, 6) is 2.24. The smallest absolute Gasteiger partial charge is 0.176 e. The Balaban J connectivity index is 1.70. The van der Waals surface area contributed by atoms with Gasteiger partial charge in [-0.05, 0) is 49.8 Å². The molecule has 4 heteroatoms. The molecule has 1 N–H and O–H groups in total. The highest BCUT2D eigenvalue weighted by molar-refractivity contribution is 5.56. The summed E-state index contributed by atoms with van der Waals surface area (Å²) < 4.78 is 1.80. The first kappa shape index (κ1) is 13.9. The maximum absolute atomic E-state index is 4.44. The molecule has 0 radical (unpaired) electrons. The van der Waals surface area contributed by atoms with Gasteiger partial charge >= 0.3 is 0 Å². The van der Waals surface area contributed by atoms with Crippen molar-refractivity contribution >= 4 is 5.69 Å². The van der Waals surface area contributed by atoms with Gasteiger partial charge in [-0.25, -0.2) is 9.67 Å². The van der Waals surface area contributed by atoms with Crippen LogP contribution in [0.15, 0.2) is 48.4 Å². The van der Waals surface area contributed by atoms with Crippen LogP contribution in [-0.4, -0.2) is 21.3 Å². The van der Waals surface area contributed by atoms with Crippen LogP contribution >= 0.6 is 0 Å². The van der Waals surface area contributed by atoms with Gasteiger partial charge in [-0.2, -0.15) is 5.10 Å². The number of aromatic nitrogens is 3. The Labute approximate surface area is 125 Å². The maximum atomic E-state index is 4.44. The van der Waals surface area contributed by atoms with Gasteiger partial charge in [-0.3, -0.25) is 0 Å². The summed E-state index contributed by atoms with van der Waals surface area (Å²) in [4.78, 5) is 4.44. The average molecular weight is 282 g/mol. The van der Waals surface area contributed by atoms with Gasteiger partial charge in [0.1, 0.15) is 0 Å². The molecule has 0 bridgehead atoms. The molecule has 2 aromatic rings. The monoisotopic (exact) mass is 282 g/mol. The second-order valence-corrected chi connectivity index (χ2v) is 6.00. The van der Waals surface area contributed by atoms with Crippen molar-refractivity contribution in [3.8, 4) is 5.82 Å². The third kappa shape index (κ3) is 3.32. The summed E-state index contributed by atoms with van der Waals surface area (Å²) in [5.41, 5.74) is 2.56. The molecule has 110 valence electrons. The number of pyridine rings is 1. The zero-order chi connectivity index (χ0) is 14.7. The highest BCUT2D eigenvalue weighted by Crippen LogP contribution is 2.28. The molecule has 0 amide bonds. The van der Waals surface area contributed by atoms with Crippen molar-refractivity contribution in [2.45, 2.75) is 26.7 Å². The molecule has 21 heavy (non-hydrogen) atoms. The Hall–Kier alpha value is -2.10. The number of hydrogen-bond donors (Lipinski definition) is 1. The minimum absolute atomic E-state index is 0.685. The summed E-state index contributed by atoms with van der Waals surface area (Å²) in [6.07, 6.45) is 10.3. The van der Waals surface area contributed by atoms with E-state index >= 15 is 0 Å². The molecule has 2 unspecified atom stereocenters. The van der Waals surface area contributed by atoms with E-state index in [0.29, 0.717) is 11.8 Å². The topological polar surface area (TPSA) is 42.7 Å². The molecule has 0 aromatic carbocycles. The van der Waals surface area contributed by atoms with Crippen LogP contribution < -0.4 is 5.32 Å². The predicted octanol–water partition coefficient (Wildman–Crippen LogP) is 3.67. The van der Waals surface area contributed by atoms with Gasteiger partial charge in [-0.15, -0.1) is 0 Å². The quantitative estimate of drug-likeness (QED) is 0.870. The van der Waals surface area contributed by atoms with E-state index in [-0.39, 0.29) is 0 Å². The lowest BCUT2D eigenvalue weighted by Crippen LogP contribution is -2.21. The third-order valence-corrected chi connectivity index (χ3v) is 3.97. The van der Waals surface area contributed by atoms with E-state index in [4.69, 9.17) is 0 Å². The zero-order valence-electron chi connectivity index (χ0n) is 12.7. The van der Waals surface area contributed by atoms with Crippen LogP contribution in [0.1, 0.15) is 26.7 Å². The molecule has 2 aromatic heterocycles. The number of anilines is 1. The van der Waals surface area contributed by atoms with Crippen molar-refractivity contribution < 1.29 is 0 Å². The molecule has 0 saturated heterocycles. The van der Waals surface area contributed by atoms with Gasteiger partial charge in [0.25, 0.3) is 0 Å². The van der Waals surface area contributed by atoms with Crippen LogP contribution in [0.25, 0.3) is 5.82 Å². The fraction of sp³-hybridized carbons (Fsp3) is 0.412. The molecule has 0 aliphatic heterocycles. The lowest BCUT2D eigenvalue weighted by Gasteiger charge is -2.26. The Bertz CT molecular complexity index is 615. The van der Waals surface area contributed by atoms with E-state index < -0.39 is 0 Å². The fourth-order valence-corrected chi connectivity index (χ4v) is 3.21. The van der Waals surface area contributed by atoms with Crippen molar-refractivity contribution in [2.75, 3.05) is 11.9 Å². The minimum Gasteiger partial charge on any atom is -0.382 e. The maximum Gasteiger partial charge on any atom is 0.176 e. The first-order valence-electron chi connectivity index (χ1n) is 7.58. The number of nitrogens with one attached hydrogen (secondary N) is 1. The van der Waals surface area contributed by atoms with Gasteiger partial charge in [-0.1, -0.05) is 18.6 Å². The van der Waals surface area contributed by atoms with E-state index in [0.717, 1.165) is 18.1 Å². The van der Waals surface area contributed by atoms with Crippen LogP contribution in [0.4, 0.5) is 5.69 Å². The summed E-state index contributed by atoms with van der Waals surface area (Å²) >= 11 is 0. The van der Waals surface area contributed by atoms with Crippen LogP contribution in [0.2, 0.25) is 0 Å². The molecule has 4 nitrogen and oxygen atoms in total. The van der Waals surface area contributed by atoms with Crippen LogP contribution in [0.5, 0.6) is 0 Å². The first-order valence-corrected chi connectivity index (χ1v) is 7.58. The minimum atomic E-state index is 0.685. The molecular formula is C17H22N4. The van der Waals surface area contributed by atoms with Crippen molar-refractivity contribution in [2.24, 2.45) is 11.8 Å². The van der Waals surface area contributed by atoms with Gasteiger partial charge < -0.3 is 5.32 Å². The van der Waals surface area contributed by atoms with Crippen LogP contribution in [0, 0.1) is 11.8 Å². The van der Waals surface area contributed by atoms with Crippen molar-refractivity contribution in [3.05, 3.63) is 48.4 Å². The molecular weight excluding hydrogens is 260 g/mol. The van der Waals surface area contributed by atoms with Gasteiger partial charge in [0, 0.05) is 25.1 Å². The van der Waals surface area contributed by atoms with Crippen molar-refractivity contribution in [1.82, 2.24) is 14.8 Å². The molecule has 0 fully saturated rings. The number of allylic oxidation sites excluding steroid dienone is 2. The van der Waals surface area contributed by atoms with Gasteiger partial charge in [0.05, 0.1) is 5.69 Å². The van der Waals surface area contributed by atoms with E-state index in [9.17, 15) is 0 Å². The average Bonchev–Trinajstić information content (AvgIpc) is 2.98. The Kier molecular flexibility index (Phi) is 4.04. The van der Waals surface area contributed by atoms with Crippen LogP contribution in [-0.2, 0) is 0 Å². The van der Waals surface area contributed by atoms with Gasteiger partial charge in [0.15, 0.2) is 5.82 Å². The lowest BCUT2D eigenvalue weighted by molar-refractivity contribution is 0.421. The molecule has 3 rings (SSSR count). The molecule has 0 spiro atoms. The Morgan fingerprint density at radius 2 is 2.24 bits per heavy atom. The largest absolute Gasteiger partial charge is 0.382 e. The molecule has 2 heterocycles. The normalized spacial score (nSPS) is 21.9. The Morgan fingerprint density at radius 3 is 3.00 bits per heavy atom. The highest BCUT2D eigenvalue weighted by Gasteiger charge is 2.18. The van der Waals surface area contributed by atoms with Crippen molar-refractivity contribution in [1.29, 1.82) is 0 Å². The third-order valence-electron chi connectivity index (χ3n) is 3.97. The lowest BCUT2D eigenvalue weighted by atomic mass is 9.84. The molecule has 1 aliphatic rings. The molecule has 0 saturated carbocycles. The van der Waals surface area contributed by atoms with Crippen molar-refractivity contribution in [3.63, 3.8) is 0 Å². The van der Waals surface area contributed by atoms with E-state index in [1.165, 1.54) is 18.4 Å². The number of hydrogen-bond acceptors (Lipinski definition) is 3.